The van der Waals surface area contributed by atoms with Crippen molar-refractivity contribution in [3.05, 3.63) is 33.8 Å². The average molecular weight is 356 g/mol. The largest absolute Gasteiger partial charge is 0.481 e. The van der Waals surface area contributed by atoms with Crippen molar-refractivity contribution in [2.75, 3.05) is 13.1 Å². The summed E-state index contributed by atoms with van der Waals surface area (Å²) in [5, 5.41) is 8.79. The quantitative estimate of drug-likeness (QED) is 0.816. The standard InChI is InChI=1S/C16H22BrNO3/c1-11(2)10-18(7-6-16(20)21)15(19)9-13-5-4-12(3)14(17)8-13/h4-5,8,11H,6-7,9-10H2,1-3H3,(H,20,21). The molecule has 0 aliphatic heterocycles. The highest BCUT2D eigenvalue weighted by Crippen LogP contribution is 2.18. The first kappa shape index (κ1) is 17.7. The zero-order valence-corrected chi connectivity index (χ0v) is 14.3. The summed E-state index contributed by atoms with van der Waals surface area (Å²) >= 11 is 3.46. The van der Waals surface area contributed by atoms with Crippen molar-refractivity contribution in [1.82, 2.24) is 4.90 Å². The lowest BCUT2D eigenvalue weighted by atomic mass is 10.1. The Kier molecular flexibility index (Phi) is 6.89. The Morgan fingerprint density at radius 1 is 1.33 bits per heavy atom. The van der Waals surface area contributed by atoms with Crippen molar-refractivity contribution in [3.63, 3.8) is 0 Å². The monoisotopic (exact) mass is 355 g/mol. The fourth-order valence-corrected chi connectivity index (χ4v) is 2.45. The first-order chi connectivity index (χ1) is 9.79. The van der Waals surface area contributed by atoms with Crippen LogP contribution in [0.5, 0.6) is 0 Å². The number of amides is 1. The highest BCUT2D eigenvalue weighted by Gasteiger charge is 2.16. The highest BCUT2D eigenvalue weighted by molar-refractivity contribution is 9.10. The molecule has 0 aliphatic rings. The molecule has 0 saturated carbocycles. The molecule has 1 aromatic carbocycles. The number of carboxylic acids is 1. The molecule has 0 spiro atoms. The zero-order chi connectivity index (χ0) is 16.0. The molecule has 1 rings (SSSR count). The summed E-state index contributed by atoms with van der Waals surface area (Å²) in [6.07, 6.45) is 0.279. The van der Waals surface area contributed by atoms with Gasteiger partial charge in [0.2, 0.25) is 5.91 Å². The average Bonchev–Trinajstić information content (AvgIpc) is 2.38. The van der Waals surface area contributed by atoms with Gasteiger partial charge in [0.1, 0.15) is 0 Å². The number of carboxylic acid groups (broad SMARTS) is 1. The topological polar surface area (TPSA) is 57.6 Å². The molecule has 0 radical (unpaired) electrons. The van der Waals surface area contributed by atoms with Crippen LogP contribution in [-0.2, 0) is 16.0 Å². The molecule has 0 heterocycles. The Hall–Kier alpha value is -1.36. The van der Waals surface area contributed by atoms with Crippen molar-refractivity contribution in [2.24, 2.45) is 5.92 Å². The Morgan fingerprint density at radius 3 is 2.52 bits per heavy atom. The molecule has 1 aromatic rings. The molecule has 1 N–H and O–H groups in total. The summed E-state index contributed by atoms with van der Waals surface area (Å²) in [5.41, 5.74) is 2.05. The minimum Gasteiger partial charge on any atom is -0.481 e. The second-order valence-corrected chi connectivity index (χ2v) is 6.49. The maximum Gasteiger partial charge on any atom is 0.305 e. The molecule has 1 amide bonds. The summed E-state index contributed by atoms with van der Waals surface area (Å²) < 4.78 is 0.980. The molecule has 21 heavy (non-hydrogen) atoms. The number of aryl methyl sites for hydroxylation is 1. The third kappa shape index (κ3) is 6.29. The van der Waals surface area contributed by atoms with E-state index in [-0.39, 0.29) is 18.9 Å². The second kappa shape index (κ2) is 8.17. The SMILES string of the molecule is Cc1ccc(CC(=O)N(CCC(=O)O)CC(C)C)cc1Br. The minimum absolute atomic E-state index is 0.0178. The van der Waals surface area contributed by atoms with E-state index >= 15 is 0 Å². The molecular formula is C16H22BrNO3. The fourth-order valence-electron chi connectivity index (χ4n) is 2.02. The van der Waals surface area contributed by atoms with E-state index in [0.717, 1.165) is 15.6 Å². The van der Waals surface area contributed by atoms with Gasteiger partial charge >= 0.3 is 5.97 Å². The van der Waals surface area contributed by atoms with Crippen LogP contribution in [0.2, 0.25) is 0 Å². The van der Waals surface area contributed by atoms with Gasteiger partial charge in [-0.1, -0.05) is 41.9 Å². The van der Waals surface area contributed by atoms with Gasteiger partial charge in [0.15, 0.2) is 0 Å². The molecule has 0 bridgehead atoms. The number of aliphatic carboxylic acids is 1. The van der Waals surface area contributed by atoms with Gasteiger partial charge in [0.25, 0.3) is 0 Å². The Bertz CT molecular complexity index is 514. The predicted molar refractivity (Wildman–Crippen MR) is 86.3 cm³/mol. The lowest BCUT2D eigenvalue weighted by molar-refractivity contribution is -0.138. The molecule has 0 fully saturated rings. The number of carbonyl (C=O) groups excluding carboxylic acids is 1. The van der Waals surface area contributed by atoms with Crippen molar-refractivity contribution >= 4 is 27.8 Å². The molecule has 0 aromatic heterocycles. The van der Waals surface area contributed by atoms with Crippen molar-refractivity contribution in [3.8, 4) is 0 Å². The Balaban J connectivity index is 2.74. The maximum absolute atomic E-state index is 12.4. The first-order valence-electron chi connectivity index (χ1n) is 7.04. The van der Waals surface area contributed by atoms with Gasteiger partial charge < -0.3 is 10.0 Å². The lowest BCUT2D eigenvalue weighted by Gasteiger charge is -2.24. The molecule has 0 unspecified atom stereocenters. The number of nitrogens with zero attached hydrogens (tertiary/aromatic N) is 1. The number of hydrogen-bond acceptors (Lipinski definition) is 2. The van der Waals surface area contributed by atoms with E-state index in [0.29, 0.717) is 18.9 Å². The van der Waals surface area contributed by atoms with Gasteiger partial charge in [0, 0.05) is 17.6 Å². The van der Waals surface area contributed by atoms with Crippen LogP contribution in [0.1, 0.15) is 31.4 Å². The molecule has 0 saturated heterocycles. The van der Waals surface area contributed by atoms with Crippen LogP contribution in [0, 0.1) is 12.8 Å². The molecule has 5 heteroatoms. The van der Waals surface area contributed by atoms with Crippen LogP contribution in [0.4, 0.5) is 0 Å². The van der Waals surface area contributed by atoms with E-state index < -0.39 is 5.97 Å². The Labute approximate surface area is 134 Å². The number of halogens is 1. The number of hydrogen-bond donors (Lipinski definition) is 1. The normalized spacial score (nSPS) is 10.7. The van der Waals surface area contributed by atoms with E-state index in [1.165, 1.54) is 0 Å². The summed E-state index contributed by atoms with van der Waals surface area (Å²) in [5.74, 6) is -0.595. The molecule has 0 aliphatic carbocycles. The Morgan fingerprint density at radius 2 is 2.00 bits per heavy atom. The fraction of sp³-hybridized carbons (Fsp3) is 0.500. The number of benzene rings is 1. The van der Waals surface area contributed by atoms with Gasteiger partial charge in [0.05, 0.1) is 12.8 Å². The van der Waals surface area contributed by atoms with Gasteiger partial charge in [-0.15, -0.1) is 0 Å². The summed E-state index contributed by atoms with van der Waals surface area (Å²) in [7, 11) is 0. The molecular weight excluding hydrogens is 334 g/mol. The van der Waals surface area contributed by atoms with Crippen molar-refractivity contribution in [1.29, 1.82) is 0 Å². The van der Waals surface area contributed by atoms with Gasteiger partial charge in [-0.3, -0.25) is 9.59 Å². The van der Waals surface area contributed by atoms with Gasteiger partial charge in [-0.25, -0.2) is 0 Å². The third-order valence-electron chi connectivity index (χ3n) is 3.13. The molecule has 116 valence electrons. The minimum atomic E-state index is -0.880. The van der Waals surface area contributed by atoms with E-state index in [9.17, 15) is 9.59 Å². The molecule has 0 atom stereocenters. The van der Waals surface area contributed by atoms with Gasteiger partial charge in [-0.2, -0.15) is 0 Å². The smallest absolute Gasteiger partial charge is 0.305 e. The van der Waals surface area contributed by atoms with E-state index in [2.05, 4.69) is 15.9 Å². The first-order valence-corrected chi connectivity index (χ1v) is 7.83. The van der Waals surface area contributed by atoms with Crippen LogP contribution in [0.25, 0.3) is 0 Å². The van der Waals surface area contributed by atoms with Gasteiger partial charge in [-0.05, 0) is 30.0 Å². The van der Waals surface area contributed by atoms with Crippen LogP contribution in [-0.4, -0.2) is 35.0 Å². The third-order valence-corrected chi connectivity index (χ3v) is 3.98. The van der Waals surface area contributed by atoms with E-state index in [1.54, 1.807) is 4.90 Å². The van der Waals surface area contributed by atoms with Crippen molar-refractivity contribution < 1.29 is 14.7 Å². The lowest BCUT2D eigenvalue weighted by Crippen LogP contribution is -2.37. The predicted octanol–water partition coefficient (Wildman–Crippen LogP) is 3.26. The molecule has 4 nitrogen and oxygen atoms in total. The van der Waals surface area contributed by atoms with Crippen LogP contribution >= 0.6 is 15.9 Å². The van der Waals surface area contributed by atoms with Crippen LogP contribution in [0.15, 0.2) is 22.7 Å². The van der Waals surface area contributed by atoms with Crippen LogP contribution in [0.3, 0.4) is 0 Å². The van der Waals surface area contributed by atoms with E-state index in [4.69, 9.17) is 5.11 Å². The summed E-state index contributed by atoms with van der Waals surface area (Å²) in [6, 6.07) is 5.84. The van der Waals surface area contributed by atoms with Crippen LogP contribution < -0.4 is 0 Å². The maximum atomic E-state index is 12.4. The summed E-state index contributed by atoms with van der Waals surface area (Å²) in [4.78, 5) is 24.7. The van der Waals surface area contributed by atoms with Crippen molar-refractivity contribution in [2.45, 2.75) is 33.6 Å². The highest BCUT2D eigenvalue weighted by atomic mass is 79.9. The number of rotatable bonds is 7. The van der Waals surface area contributed by atoms with E-state index in [1.807, 2.05) is 39.0 Å². The zero-order valence-electron chi connectivity index (χ0n) is 12.7. The second-order valence-electron chi connectivity index (χ2n) is 5.64. The summed E-state index contributed by atoms with van der Waals surface area (Å²) in [6.45, 7) is 6.87. The number of carbonyl (C=O) groups is 2.